The van der Waals surface area contributed by atoms with Crippen LogP contribution in [0.3, 0.4) is 0 Å². The van der Waals surface area contributed by atoms with Gasteiger partial charge in [-0.15, -0.1) is 11.5 Å². The van der Waals surface area contributed by atoms with Crippen molar-refractivity contribution in [2.24, 2.45) is 0 Å². The predicted molar refractivity (Wildman–Crippen MR) is 76.4 cm³/mol. The van der Waals surface area contributed by atoms with E-state index in [9.17, 15) is 4.79 Å². The van der Waals surface area contributed by atoms with Gasteiger partial charge in [0.1, 0.15) is 0 Å². The van der Waals surface area contributed by atoms with Crippen molar-refractivity contribution in [3.05, 3.63) is 42.2 Å². The summed E-state index contributed by atoms with van der Waals surface area (Å²) in [5, 5.41) is 11.0. The highest BCUT2D eigenvalue weighted by Gasteiger charge is 2.14. The zero-order chi connectivity index (χ0) is 14.4. The Hall–Kier alpha value is -2.61. The highest BCUT2D eigenvalue weighted by molar-refractivity contribution is 5.92. The summed E-state index contributed by atoms with van der Waals surface area (Å²) in [5.74, 6) is 2.25. The molecule has 1 amide bonds. The summed E-state index contributed by atoms with van der Waals surface area (Å²) in [6.45, 7) is 2.02. The molecule has 0 bridgehead atoms. The molecule has 0 aliphatic carbocycles. The van der Waals surface area contributed by atoms with Gasteiger partial charge in [0.15, 0.2) is 5.69 Å². The first-order valence-electron chi connectivity index (χ1n) is 6.49. The number of hydrogen-bond donors (Lipinski definition) is 1. The third-order valence-electron chi connectivity index (χ3n) is 2.80. The van der Waals surface area contributed by atoms with Crippen LogP contribution in [-0.4, -0.2) is 26.9 Å². The van der Waals surface area contributed by atoms with Gasteiger partial charge < -0.3 is 5.32 Å². The van der Waals surface area contributed by atoms with Gasteiger partial charge in [-0.05, 0) is 18.6 Å². The Kier molecular flexibility index (Phi) is 4.51. The number of nitrogens with one attached hydrogen (secondary N) is 1. The standard InChI is InChI=1S/C15H16N4O/c1-3-8-12(4-2)17-15(20)14-11-16-19(18-14)13-9-6-5-7-10-13/h2,5-7,9-12H,3,8H2,1H3,(H,17,20). The lowest BCUT2D eigenvalue weighted by molar-refractivity contribution is 0.0939. The minimum atomic E-state index is -0.302. The molecule has 1 heterocycles. The van der Waals surface area contributed by atoms with Crippen LogP contribution in [0.5, 0.6) is 0 Å². The third-order valence-corrected chi connectivity index (χ3v) is 2.80. The first-order valence-corrected chi connectivity index (χ1v) is 6.49. The van der Waals surface area contributed by atoms with Crippen molar-refractivity contribution >= 4 is 5.91 Å². The number of aromatic nitrogens is 3. The van der Waals surface area contributed by atoms with Gasteiger partial charge in [0.05, 0.1) is 17.9 Å². The lowest BCUT2D eigenvalue weighted by atomic mass is 10.2. The summed E-state index contributed by atoms with van der Waals surface area (Å²) in [6, 6.07) is 9.13. The van der Waals surface area contributed by atoms with Crippen molar-refractivity contribution in [1.29, 1.82) is 0 Å². The molecule has 102 valence electrons. The SMILES string of the molecule is C#CC(CCC)NC(=O)c1cnn(-c2ccccc2)n1. The Bertz CT molecular complexity index is 612. The molecule has 1 aromatic carbocycles. The molecule has 5 nitrogen and oxygen atoms in total. The fourth-order valence-electron chi connectivity index (χ4n) is 1.77. The molecule has 0 aliphatic rings. The summed E-state index contributed by atoms with van der Waals surface area (Å²) in [7, 11) is 0. The fourth-order valence-corrected chi connectivity index (χ4v) is 1.77. The van der Waals surface area contributed by atoms with E-state index in [1.165, 1.54) is 11.0 Å². The first-order chi connectivity index (χ1) is 9.74. The molecule has 0 saturated heterocycles. The average Bonchev–Trinajstić information content (AvgIpc) is 2.97. The Morgan fingerprint density at radius 3 is 2.85 bits per heavy atom. The molecule has 0 radical (unpaired) electrons. The maximum atomic E-state index is 12.0. The van der Waals surface area contributed by atoms with Crippen LogP contribution in [0.1, 0.15) is 30.3 Å². The average molecular weight is 268 g/mol. The molecule has 2 rings (SSSR count). The summed E-state index contributed by atoms with van der Waals surface area (Å²) in [6.07, 6.45) is 8.46. The second kappa shape index (κ2) is 6.53. The van der Waals surface area contributed by atoms with E-state index < -0.39 is 0 Å². The highest BCUT2D eigenvalue weighted by Crippen LogP contribution is 2.04. The number of terminal acetylenes is 1. The Balaban J connectivity index is 2.09. The van der Waals surface area contributed by atoms with E-state index >= 15 is 0 Å². The minimum absolute atomic E-state index is 0.255. The van der Waals surface area contributed by atoms with E-state index in [-0.39, 0.29) is 17.6 Å². The molecule has 2 aromatic rings. The molecule has 0 fully saturated rings. The van der Waals surface area contributed by atoms with Gasteiger partial charge in [-0.25, -0.2) is 0 Å². The molecule has 0 saturated carbocycles. The van der Waals surface area contributed by atoms with Crippen LogP contribution in [-0.2, 0) is 0 Å². The molecule has 1 atom stereocenters. The van der Waals surface area contributed by atoms with E-state index in [1.54, 1.807) is 0 Å². The van der Waals surface area contributed by atoms with Crippen LogP contribution in [0.15, 0.2) is 36.5 Å². The van der Waals surface area contributed by atoms with E-state index in [0.717, 1.165) is 18.5 Å². The van der Waals surface area contributed by atoms with Crippen LogP contribution < -0.4 is 5.32 Å². The minimum Gasteiger partial charge on any atom is -0.337 e. The monoisotopic (exact) mass is 268 g/mol. The van der Waals surface area contributed by atoms with Gasteiger partial charge in [-0.1, -0.05) is 37.5 Å². The zero-order valence-electron chi connectivity index (χ0n) is 11.3. The summed E-state index contributed by atoms with van der Waals surface area (Å²) in [4.78, 5) is 13.4. The van der Waals surface area contributed by atoms with Crippen LogP contribution >= 0.6 is 0 Å². The first kappa shape index (κ1) is 13.8. The number of rotatable bonds is 5. The second-order valence-electron chi connectivity index (χ2n) is 4.34. The van der Waals surface area contributed by atoms with Crippen molar-refractivity contribution in [3.63, 3.8) is 0 Å². The van der Waals surface area contributed by atoms with Crippen LogP contribution in [0.25, 0.3) is 5.69 Å². The van der Waals surface area contributed by atoms with Crippen molar-refractivity contribution in [2.45, 2.75) is 25.8 Å². The topological polar surface area (TPSA) is 59.8 Å². The molecule has 0 spiro atoms. The lowest BCUT2D eigenvalue weighted by Gasteiger charge is -2.10. The van der Waals surface area contributed by atoms with E-state index in [4.69, 9.17) is 6.42 Å². The smallest absolute Gasteiger partial charge is 0.274 e. The van der Waals surface area contributed by atoms with E-state index in [2.05, 4.69) is 21.4 Å². The lowest BCUT2D eigenvalue weighted by Crippen LogP contribution is -2.33. The largest absolute Gasteiger partial charge is 0.337 e. The van der Waals surface area contributed by atoms with Gasteiger partial charge in [0.25, 0.3) is 5.91 Å². The third kappa shape index (κ3) is 3.23. The zero-order valence-corrected chi connectivity index (χ0v) is 11.3. The van der Waals surface area contributed by atoms with Crippen molar-refractivity contribution in [2.75, 3.05) is 0 Å². The molecule has 5 heteroatoms. The van der Waals surface area contributed by atoms with Crippen LogP contribution in [0.2, 0.25) is 0 Å². The molecule has 0 aliphatic heterocycles. The van der Waals surface area contributed by atoms with Crippen LogP contribution in [0.4, 0.5) is 0 Å². The second-order valence-corrected chi connectivity index (χ2v) is 4.34. The fraction of sp³-hybridized carbons (Fsp3) is 0.267. The number of hydrogen-bond acceptors (Lipinski definition) is 3. The van der Waals surface area contributed by atoms with Gasteiger partial charge in [-0.3, -0.25) is 4.79 Å². The normalized spacial score (nSPS) is 11.6. The summed E-state index contributed by atoms with van der Waals surface area (Å²) >= 11 is 0. The number of amides is 1. The molecule has 1 unspecified atom stereocenters. The van der Waals surface area contributed by atoms with E-state index in [1.807, 2.05) is 37.3 Å². The van der Waals surface area contributed by atoms with Crippen molar-refractivity contribution in [1.82, 2.24) is 20.3 Å². The number of benzene rings is 1. The van der Waals surface area contributed by atoms with Gasteiger partial charge in [0, 0.05) is 0 Å². The maximum Gasteiger partial charge on any atom is 0.274 e. The maximum absolute atomic E-state index is 12.0. The van der Waals surface area contributed by atoms with Gasteiger partial charge >= 0.3 is 0 Å². The van der Waals surface area contributed by atoms with Gasteiger partial charge in [0.2, 0.25) is 0 Å². The Labute approximate surface area is 118 Å². The quantitative estimate of drug-likeness (QED) is 0.841. The Morgan fingerprint density at radius 2 is 2.20 bits per heavy atom. The molecular weight excluding hydrogens is 252 g/mol. The van der Waals surface area contributed by atoms with Crippen molar-refractivity contribution in [3.8, 4) is 18.0 Å². The molecular formula is C15H16N4O. The summed E-state index contributed by atoms with van der Waals surface area (Å²) in [5.41, 5.74) is 1.05. The predicted octanol–water partition coefficient (Wildman–Crippen LogP) is 1.80. The summed E-state index contributed by atoms with van der Waals surface area (Å²) < 4.78 is 0. The number of para-hydroxylation sites is 1. The molecule has 1 aromatic heterocycles. The number of carbonyl (C=O) groups excluding carboxylic acids is 1. The Morgan fingerprint density at radius 1 is 1.45 bits per heavy atom. The van der Waals surface area contributed by atoms with Gasteiger partial charge in [-0.2, -0.15) is 9.90 Å². The number of carbonyl (C=O) groups is 1. The van der Waals surface area contributed by atoms with E-state index in [0.29, 0.717) is 0 Å². The highest BCUT2D eigenvalue weighted by atomic mass is 16.2. The number of nitrogens with zero attached hydrogens (tertiary/aromatic N) is 3. The molecule has 20 heavy (non-hydrogen) atoms. The molecule has 1 N–H and O–H groups in total. The van der Waals surface area contributed by atoms with Crippen LogP contribution in [0, 0.1) is 12.3 Å². The van der Waals surface area contributed by atoms with Crippen molar-refractivity contribution < 1.29 is 4.79 Å².